The average molecular weight is 1170 g/mol. The molecule has 4 rings (SSSR count). The van der Waals surface area contributed by atoms with Crippen LogP contribution in [0.1, 0.15) is 0 Å². The van der Waals surface area contributed by atoms with Gasteiger partial charge in [0.1, 0.15) is 52.7 Å². The molecule has 0 bridgehead atoms. The summed E-state index contributed by atoms with van der Waals surface area (Å²) in [6.07, 6.45) is -7.22. The van der Waals surface area contributed by atoms with Gasteiger partial charge in [-0.1, -0.05) is 0 Å². The van der Waals surface area contributed by atoms with Gasteiger partial charge in [-0.25, -0.2) is 87.8 Å². The zero-order valence-electron chi connectivity index (χ0n) is 38.0. The van der Waals surface area contributed by atoms with Gasteiger partial charge in [0.2, 0.25) is 0 Å². The normalized spacial score (nSPS) is 10.9. The summed E-state index contributed by atoms with van der Waals surface area (Å²) in [5, 5.41) is 0. The average Bonchev–Trinajstić information content (AvgIpc) is 3.16. The second kappa shape index (κ2) is 29.5. The molecule has 0 atom stereocenters. The van der Waals surface area contributed by atoms with E-state index in [-0.39, 0.29) is 59.1 Å². The summed E-state index contributed by atoms with van der Waals surface area (Å²) in [5.41, 5.74) is -14.3. The molecule has 0 aliphatic carbocycles. The number of benzene rings is 4. The Balaban J connectivity index is -0.00000159. The van der Waals surface area contributed by atoms with Gasteiger partial charge in [0, 0.05) is 119 Å². The third kappa shape index (κ3) is 16.7. The minimum absolute atomic E-state index is 0. The number of halogens is 20. The second-order valence-electron chi connectivity index (χ2n) is 16.3. The van der Waals surface area contributed by atoms with Crippen molar-refractivity contribution in [3.05, 3.63) is 116 Å². The molecule has 0 fully saturated rings. The molecular formula is C39H50BF20P5Rh+4. The Morgan fingerprint density at radius 2 is 0.242 bits per heavy atom. The Morgan fingerprint density at radius 3 is 0.318 bits per heavy atom. The van der Waals surface area contributed by atoms with E-state index in [9.17, 15) is 52.7 Å². The van der Waals surface area contributed by atoms with Gasteiger partial charge >= 0.3 is 0 Å². The van der Waals surface area contributed by atoms with E-state index < -0.39 is 144 Å². The van der Waals surface area contributed by atoms with Crippen LogP contribution < -0.4 is 21.9 Å². The number of hydrogen-bond acceptors (Lipinski definition) is 0. The largest absolute Gasteiger partial charge is 0.207 e. The molecule has 0 aliphatic rings. The fraction of sp³-hybridized carbons (Fsp3) is 0.385. The fourth-order valence-corrected chi connectivity index (χ4v) is 4.87. The summed E-state index contributed by atoms with van der Waals surface area (Å²) >= 11 is 0. The van der Waals surface area contributed by atoms with Crippen LogP contribution in [0.25, 0.3) is 0 Å². The van der Waals surface area contributed by atoms with Crippen molar-refractivity contribution in [3.63, 3.8) is 0 Å². The van der Waals surface area contributed by atoms with Crippen molar-refractivity contribution < 1.29 is 107 Å². The molecule has 0 nitrogen and oxygen atoms in total. The van der Waals surface area contributed by atoms with Gasteiger partial charge in [0.15, 0.2) is 69.8 Å². The zero-order chi connectivity index (χ0) is 52.2. The summed E-state index contributed by atoms with van der Waals surface area (Å²) in [6, 6.07) is 0. The molecule has 66 heavy (non-hydrogen) atoms. The Kier molecular flexibility index (Phi) is 30.6. The van der Waals surface area contributed by atoms with E-state index in [2.05, 4.69) is 100.0 Å². The van der Waals surface area contributed by atoms with Gasteiger partial charge in [-0.05, 0) is 39.6 Å². The first kappa shape index (κ1) is 68.6. The minimum atomic E-state index is -7.22. The van der Waals surface area contributed by atoms with Gasteiger partial charge in [0.05, 0.1) is 0 Å². The van der Waals surface area contributed by atoms with Crippen LogP contribution in [0.3, 0.4) is 0 Å². The molecule has 27 heteroatoms. The maximum absolute atomic E-state index is 15.4. The first-order chi connectivity index (χ1) is 29.4. The molecule has 0 saturated heterocycles. The number of hydrogen-bond donors (Lipinski definition) is 0. The molecule has 4 aromatic rings. The molecule has 379 valence electrons. The van der Waals surface area contributed by atoms with Crippen LogP contribution in [0.4, 0.5) is 87.8 Å². The van der Waals surface area contributed by atoms with Crippen LogP contribution in [0.2, 0.25) is 0 Å². The Bertz CT molecular complexity index is 1810. The van der Waals surface area contributed by atoms with Crippen molar-refractivity contribution in [1.29, 1.82) is 0 Å². The summed E-state index contributed by atoms with van der Waals surface area (Å²) in [4.78, 5) is 0. The van der Waals surface area contributed by atoms with Gasteiger partial charge in [-0.3, -0.25) is 0 Å². The van der Waals surface area contributed by atoms with E-state index in [1.54, 1.807) is 0 Å². The number of rotatable bonds is 4. The SMILES string of the molecule is C[PH+](C)C.C[PH+](C)C.C[PH+](C)C.C[PH+](C)C.C[PH+](C)C.Fc1c(F)c(F)c([B-](c2c(F)c(F)c(F)c(F)c2F)(c2c(F)c(F)c(F)c(F)c2F)c2c(F)c(F)c(F)c(F)c2F)c(F)c1F.[Rh]. The standard InChI is InChI=1S/C24BF20.5C3H9P.Rh/c26-5-1(6(27)14(35)21(42)13(5)34)25(2-7(28)15(36)22(43)16(37)8(2)29,3-9(30)17(38)23(44)18(39)10(3)31)4-11(32)19(40)24(45)20(41)12(4)33;5*1-4(2)3;/h;5*1-3H3;/q-1;;;;;;/p+5. The Morgan fingerprint density at radius 1 is 0.182 bits per heavy atom. The second-order valence-corrected chi connectivity index (χ2v) is 31.3. The minimum Gasteiger partial charge on any atom is -0.207 e. The van der Waals surface area contributed by atoms with E-state index >= 15 is 35.1 Å². The predicted octanol–water partition coefficient (Wildman–Crippen LogP) is 11.3. The molecule has 0 saturated carbocycles. The summed E-state index contributed by atoms with van der Waals surface area (Å²) < 4.78 is 294. The van der Waals surface area contributed by atoms with Crippen molar-refractivity contribution in [3.8, 4) is 0 Å². The topological polar surface area (TPSA) is 0 Å². The van der Waals surface area contributed by atoms with E-state index in [0.29, 0.717) is 0 Å². The van der Waals surface area contributed by atoms with Crippen LogP contribution in [-0.4, -0.2) is 106 Å². The van der Waals surface area contributed by atoms with Crippen molar-refractivity contribution in [1.82, 2.24) is 0 Å². The molecule has 0 heterocycles. The maximum Gasteiger partial charge on any atom is 0.200 e. The van der Waals surface area contributed by atoms with Gasteiger partial charge in [0.25, 0.3) is 0 Å². The first-order valence-electron chi connectivity index (χ1n) is 18.4. The summed E-state index contributed by atoms with van der Waals surface area (Å²) in [5.74, 6) is -71.4. The zero-order valence-corrected chi connectivity index (χ0v) is 44.6. The Labute approximate surface area is 389 Å². The van der Waals surface area contributed by atoms with Gasteiger partial charge in [-0.2, -0.15) is 0 Å². The molecule has 4 aromatic carbocycles. The monoisotopic (exact) mass is 1170 g/mol. The van der Waals surface area contributed by atoms with Crippen LogP contribution >= 0.6 is 39.6 Å². The van der Waals surface area contributed by atoms with E-state index in [4.69, 9.17) is 0 Å². The predicted molar refractivity (Wildman–Crippen MR) is 240 cm³/mol. The van der Waals surface area contributed by atoms with E-state index in [1.807, 2.05) is 0 Å². The third-order valence-corrected chi connectivity index (χ3v) is 6.71. The molecule has 0 aromatic heterocycles. The smallest absolute Gasteiger partial charge is 0.200 e. The summed E-state index contributed by atoms with van der Waals surface area (Å²) in [7, 11) is 0.602. The van der Waals surface area contributed by atoms with Crippen molar-refractivity contribution in [2.24, 2.45) is 0 Å². The molecular weight excluding hydrogens is 1120 g/mol. The van der Waals surface area contributed by atoms with Crippen molar-refractivity contribution >= 4 is 67.6 Å². The van der Waals surface area contributed by atoms with Crippen molar-refractivity contribution in [2.45, 2.75) is 0 Å². The molecule has 0 spiro atoms. The van der Waals surface area contributed by atoms with Crippen LogP contribution in [-0.2, 0) is 19.5 Å². The quantitative estimate of drug-likeness (QED) is 0.0628. The molecule has 1 radical (unpaired) electrons. The fourth-order valence-electron chi connectivity index (χ4n) is 4.87. The summed E-state index contributed by atoms with van der Waals surface area (Å²) in [6.45, 7) is 34.0. The molecule has 0 N–H and O–H groups in total. The van der Waals surface area contributed by atoms with Crippen LogP contribution in [0.15, 0.2) is 0 Å². The molecule has 0 aliphatic heterocycles. The van der Waals surface area contributed by atoms with E-state index in [0.717, 1.165) is 0 Å². The Hall–Kier alpha value is -1.68. The van der Waals surface area contributed by atoms with Crippen LogP contribution in [0.5, 0.6) is 0 Å². The van der Waals surface area contributed by atoms with Crippen LogP contribution in [0, 0.1) is 116 Å². The third-order valence-electron chi connectivity index (χ3n) is 6.71. The van der Waals surface area contributed by atoms with E-state index in [1.165, 1.54) is 0 Å². The molecule has 0 amide bonds. The van der Waals surface area contributed by atoms with Gasteiger partial charge in [-0.15, -0.1) is 21.9 Å². The van der Waals surface area contributed by atoms with Gasteiger partial charge < -0.3 is 0 Å². The maximum atomic E-state index is 15.4. The molecule has 0 unspecified atom stereocenters. The first-order valence-corrected chi connectivity index (χ1v) is 33.4. The van der Waals surface area contributed by atoms with Crippen molar-refractivity contribution in [2.75, 3.05) is 100.0 Å².